The lowest BCUT2D eigenvalue weighted by atomic mass is 10.1. The lowest BCUT2D eigenvalue weighted by Crippen LogP contribution is -2.23. The monoisotopic (exact) mass is 254 g/mol. The van der Waals surface area contributed by atoms with Crippen LogP contribution in [0.15, 0.2) is 5.38 Å². The number of nitrogens with one attached hydrogen (secondary N) is 1. The van der Waals surface area contributed by atoms with Gasteiger partial charge < -0.3 is 5.32 Å². The number of hydrogen-bond donors (Lipinski definition) is 1. The maximum Gasteiger partial charge on any atom is 0.106 e. The van der Waals surface area contributed by atoms with Crippen molar-refractivity contribution < 1.29 is 0 Å². The summed E-state index contributed by atoms with van der Waals surface area (Å²) in [5, 5.41) is 7.89. The minimum Gasteiger partial charge on any atom is -0.314 e. The van der Waals surface area contributed by atoms with Gasteiger partial charge in [0.05, 0.1) is 10.9 Å². The summed E-state index contributed by atoms with van der Waals surface area (Å²) in [6.45, 7) is 1.19. The predicted octanol–water partition coefficient (Wildman–Crippen LogP) is 3.01. The lowest BCUT2D eigenvalue weighted by molar-refractivity contribution is 0.595. The van der Waals surface area contributed by atoms with E-state index in [1.165, 1.54) is 48.7 Å². The van der Waals surface area contributed by atoms with Gasteiger partial charge in [0.15, 0.2) is 0 Å². The van der Waals surface area contributed by atoms with Crippen LogP contribution < -0.4 is 5.32 Å². The second kappa shape index (κ2) is 5.07. The molecule has 16 heavy (non-hydrogen) atoms. The molecule has 2 aliphatic rings. The zero-order valence-electron chi connectivity index (χ0n) is 9.45. The molecule has 1 aromatic rings. The minimum absolute atomic E-state index is 0.686. The Morgan fingerprint density at radius 3 is 3.12 bits per heavy atom. The normalized spacial score (nSPS) is 30.0. The molecule has 0 aliphatic carbocycles. The minimum atomic E-state index is 0.686. The van der Waals surface area contributed by atoms with Gasteiger partial charge in [-0.25, -0.2) is 4.98 Å². The van der Waals surface area contributed by atoms with Gasteiger partial charge >= 0.3 is 0 Å². The van der Waals surface area contributed by atoms with Crippen molar-refractivity contribution in [2.24, 2.45) is 0 Å². The Kier molecular flexibility index (Phi) is 3.50. The van der Waals surface area contributed by atoms with Crippen molar-refractivity contribution in [3.63, 3.8) is 0 Å². The van der Waals surface area contributed by atoms with E-state index in [1.807, 2.05) is 11.3 Å². The lowest BCUT2D eigenvalue weighted by Gasteiger charge is -2.07. The predicted molar refractivity (Wildman–Crippen MR) is 71.3 cm³/mol. The van der Waals surface area contributed by atoms with Crippen molar-refractivity contribution in [1.82, 2.24) is 10.3 Å². The molecule has 0 spiro atoms. The van der Waals surface area contributed by atoms with E-state index in [2.05, 4.69) is 22.5 Å². The van der Waals surface area contributed by atoms with E-state index in [0.29, 0.717) is 11.3 Å². The van der Waals surface area contributed by atoms with Crippen molar-refractivity contribution in [1.29, 1.82) is 0 Å². The van der Waals surface area contributed by atoms with Gasteiger partial charge in [0.2, 0.25) is 0 Å². The molecule has 2 atom stereocenters. The fraction of sp³-hybridized carbons (Fsp3) is 0.750. The summed E-state index contributed by atoms with van der Waals surface area (Å²) in [5.41, 5.74) is 1.31. The average Bonchev–Trinajstić information content (AvgIpc) is 2.99. The second-order valence-corrected chi connectivity index (χ2v) is 6.88. The van der Waals surface area contributed by atoms with E-state index in [-0.39, 0.29) is 0 Å². The molecular weight excluding hydrogens is 236 g/mol. The zero-order chi connectivity index (χ0) is 10.8. The molecule has 2 fully saturated rings. The van der Waals surface area contributed by atoms with E-state index < -0.39 is 0 Å². The quantitative estimate of drug-likeness (QED) is 0.897. The molecule has 3 rings (SSSR count). The molecule has 4 heteroatoms. The fourth-order valence-corrected chi connectivity index (χ4v) is 4.88. The summed E-state index contributed by atoms with van der Waals surface area (Å²) in [6.07, 6.45) is 6.49. The van der Waals surface area contributed by atoms with Crippen LogP contribution in [0.2, 0.25) is 0 Å². The zero-order valence-corrected chi connectivity index (χ0v) is 11.1. The Morgan fingerprint density at radius 1 is 1.38 bits per heavy atom. The third kappa shape index (κ3) is 2.44. The first-order chi connectivity index (χ1) is 7.92. The van der Waals surface area contributed by atoms with Crippen molar-refractivity contribution in [2.45, 2.75) is 43.4 Å². The molecule has 3 heterocycles. The van der Waals surface area contributed by atoms with Gasteiger partial charge in [0.1, 0.15) is 5.01 Å². The van der Waals surface area contributed by atoms with Crippen molar-refractivity contribution in [2.75, 3.05) is 12.3 Å². The van der Waals surface area contributed by atoms with E-state index in [4.69, 9.17) is 4.98 Å². The molecule has 0 radical (unpaired) electrons. The number of rotatable bonds is 3. The standard InChI is InChI=1S/C12H18N2S2/c1-3-9(13-5-1)7-10-8-16-12(14-10)11-4-2-6-15-11/h8-9,11,13H,1-7H2. The molecule has 2 aliphatic heterocycles. The summed E-state index contributed by atoms with van der Waals surface area (Å²) in [5.74, 6) is 1.32. The third-order valence-electron chi connectivity index (χ3n) is 3.39. The molecule has 1 aromatic heterocycles. The van der Waals surface area contributed by atoms with Gasteiger partial charge in [0.25, 0.3) is 0 Å². The summed E-state index contributed by atoms with van der Waals surface area (Å²) in [7, 11) is 0. The molecule has 2 saturated heterocycles. The number of aromatic nitrogens is 1. The second-order valence-electron chi connectivity index (χ2n) is 4.68. The Hall–Kier alpha value is -0.0600. The van der Waals surface area contributed by atoms with Crippen LogP contribution in [0.1, 0.15) is 41.6 Å². The van der Waals surface area contributed by atoms with E-state index >= 15 is 0 Å². The van der Waals surface area contributed by atoms with Crippen LogP contribution in [-0.4, -0.2) is 23.3 Å². The highest BCUT2D eigenvalue weighted by Crippen LogP contribution is 2.41. The van der Waals surface area contributed by atoms with E-state index in [1.54, 1.807) is 0 Å². The summed E-state index contributed by atoms with van der Waals surface area (Å²) >= 11 is 3.95. The highest BCUT2D eigenvalue weighted by atomic mass is 32.2. The first-order valence-corrected chi connectivity index (χ1v) is 8.14. The summed E-state index contributed by atoms with van der Waals surface area (Å²) in [4.78, 5) is 4.81. The van der Waals surface area contributed by atoms with Crippen molar-refractivity contribution >= 4 is 23.1 Å². The Bertz CT molecular complexity index is 339. The Balaban J connectivity index is 1.62. The SMILES string of the molecule is c1sc(C2CCCS2)nc1CC1CCCN1. The molecule has 2 unspecified atom stereocenters. The first-order valence-electron chi connectivity index (χ1n) is 6.21. The molecular formula is C12H18N2S2. The van der Waals surface area contributed by atoms with Crippen LogP contribution in [0.25, 0.3) is 0 Å². The Morgan fingerprint density at radius 2 is 2.38 bits per heavy atom. The average molecular weight is 254 g/mol. The number of thiazole rings is 1. The van der Waals surface area contributed by atoms with Crippen LogP contribution in [0.3, 0.4) is 0 Å². The number of nitrogens with zero attached hydrogens (tertiary/aromatic N) is 1. The summed E-state index contributed by atoms with van der Waals surface area (Å²) in [6, 6.07) is 0.686. The van der Waals surface area contributed by atoms with Gasteiger partial charge in [-0.3, -0.25) is 0 Å². The van der Waals surface area contributed by atoms with Crippen molar-refractivity contribution in [3.8, 4) is 0 Å². The van der Waals surface area contributed by atoms with Crippen molar-refractivity contribution in [3.05, 3.63) is 16.1 Å². The number of thioether (sulfide) groups is 1. The molecule has 88 valence electrons. The van der Waals surface area contributed by atoms with Gasteiger partial charge in [0, 0.05) is 17.8 Å². The van der Waals surface area contributed by atoms with Gasteiger partial charge in [-0.1, -0.05) is 0 Å². The Labute approximate surface area is 105 Å². The molecule has 0 bridgehead atoms. The van der Waals surface area contributed by atoms with Gasteiger partial charge in [-0.15, -0.1) is 11.3 Å². The molecule has 0 amide bonds. The fourth-order valence-electron chi connectivity index (χ4n) is 2.52. The highest BCUT2D eigenvalue weighted by molar-refractivity contribution is 7.99. The molecule has 2 nitrogen and oxygen atoms in total. The maximum absolute atomic E-state index is 4.81. The first kappa shape index (κ1) is 11.1. The molecule has 0 saturated carbocycles. The van der Waals surface area contributed by atoms with Crippen LogP contribution in [-0.2, 0) is 6.42 Å². The summed E-state index contributed by atoms with van der Waals surface area (Å²) < 4.78 is 0. The van der Waals surface area contributed by atoms with Gasteiger partial charge in [-0.05, 0) is 38.0 Å². The maximum atomic E-state index is 4.81. The number of hydrogen-bond acceptors (Lipinski definition) is 4. The third-order valence-corrected chi connectivity index (χ3v) is 5.93. The van der Waals surface area contributed by atoms with Crippen LogP contribution in [0, 0.1) is 0 Å². The molecule has 0 aromatic carbocycles. The highest BCUT2D eigenvalue weighted by Gasteiger charge is 2.22. The van der Waals surface area contributed by atoms with Crippen LogP contribution in [0.4, 0.5) is 0 Å². The van der Waals surface area contributed by atoms with Crippen LogP contribution in [0.5, 0.6) is 0 Å². The topological polar surface area (TPSA) is 24.9 Å². The van der Waals surface area contributed by atoms with Crippen LogP contribution >= 0.6 is 23.1 Å². The molecule has 1 N–H and O–H groups in total. The van der Waals surface area contributed by atoms with E-state index in [9.17, 15) is 0 Å². The smallest absolute Gasteiger partial charge is 0.106 e. The van der Waals surface area contributed by atoms with Gasteiger partial charge in [-0.2, -0.15) is 11.8 Å². The largest absolute Gasteiger partial charge is 0.314 e. The van der Waals surface area contributed by atoms with E-state index in [0.717, 1.165) is 6.42 Å².